The molecule has 1 aromatic rings. The standard InChI is InChI=1S/C15H19NO5S/c1-16(2)22(19,20)12-7-5-6-11(10-12)15(18)21-14-9-4-3-8-13(14)17/h5-7,10,14H,3-4,8-9H2,1-2H3. The van der Waals surface area contributed by atoms with Crippen LogP contribution in [0.15, 0.2) is 29.2 Å². The second kappa shape index (κ2) is 6.58. The van der Waals surface area contributed by atoms with E-state index in [2.05, 4.69) is 0 Å². The Morgan fingerprint density at radius 1 is 1.27 bits per heavy atom. The molecule has 0 aromatic heterocycles. The lowest BCUT2D eigenvalue weighted by atomic mass is 9.96. The first-order valence-electron chi connectivity index (χ1n) is 7.08. The topological polar surface area (TPSA) is 80.8 Å². The highest BCUT2D eigenvalue weighted by atomic mass is 32.2. The van der Waals surface area contributed by atoms with Crippen molar-refractivity contribution in [2.24, 2.45) is 0 Å². The Hall–Kier alpha value is -1.73. The van der Waals surface area contributed by atoms with E-state index >= 15 is 0 Å². The summed E-state index contributed by atoms with van der Waals surface area (Å²) in [6.45, 7) is 0. The molecule has 22 heavy (non-hydrogen) atoms. The van der Waals surface area contributed by atoms with Crippen molar-refractivity contribution >= 4 is 21.8 Å². The average Bonchev–Trinajstić information content (AvgIpc) is 2.49. The van der Waals surface area contributed by atoms with Gasteiger partial charge < -0.3 is 4.74 Å². The van der Waals surface area contributed by atoms with Crippen LogP contribution in [0.4, 0.5) is 0 Å². The van der Waals surface area contributed by atoms with Gasteiger partial charge in [0.1, 0.15) is 0 Å². The summed E-state index contributed by atoms with van der Waals surface area (Å²) in [5, 5.41) is 0. The third-order valence-electron chi connectivity index (χ3n) is 3.60. The summed E-state index contributed by atoms with van der Waals surface area (Å²) >= 11 is 0. The molecule has 0 bridgehead atoms. The highest BCUT2D eigenvalue weighted by Gasteiger charge is 2.27. The van der Waals surface area contributed by atoms with Crippen LogP contribution in [0.25, 0.3) is 0 Å². The lowest BCUT2D eigenvalue weighted by molar-refractivity contribution is -0.129. The quantitative estimate of drug-likeness (QED) is 0.786. The minimum atomic E-state index is -3.62. The molecule has 0 amide bonds. The molecular weight excluding hydrogens is 306 g/mol. The fourth-order valence-electron chi connectivity index (χ4n) is 2.27. The second-order valence-corrected chi connectivity index (χ2v) is 7.57. The Bertz CT molecular complexity index is 681. The van der Waals surface area contributed by atoms with Gasteiger partial charge in [-0.2, -0.15) is 0 Å². The van der Waals surface area contributed by atoms with Gasteiger partial charge >= 0.3 is 5.97 Å². The van der Waals surface area contributed by atoms with Crippen LogP contribution in [0.5, 0.6) is 0 Å². The van der Waals surface area contributed by atoms with Gasteiger partial charge in [0.15, 0.2) is 11.9 Å². The Balaban J connectivity index is 2.19. The normalized spacial score (nSPS) is 19.2. The lowest BCUT2D eigenvalue weighted by Gasteiger charge is -2.20. The number of carbonyl (C=O) groups excluding carboxylic acids is 2. The summed E-state index contributed by atoms with van der Waals surface area (Å²) < 4.78 is 30.4. The smallest absolute Gasteiger partial charge is 0.338 e. The SMILES string of the molecule is CN(C)S(=O)(=O)c1cccc(C(=O)OC2CCCCC2=O)c1. The van der Waals surface area contributed by atoms with E-state index in [1.807, 2.05) is 0 Å². The number of sulfonamides is 1. The van der Waals surface area contributed by atoms with E-state index in [0.717, 1.165) is 17.1 Å². The first kappa shape index (κ1) is 16.6. The van der Waals surface area contributed by atoms with Crippen molar-refractivity contribution in [1.82, 2.24) is 4.31 Å². The van der Waals surface area contributed by atoms with E-state index in [1.54, 1.807) is 0 Å². The number of benzene rings is 1. The maximum Gasteiger partial charge on any atom is 0.338 e. The van der Waals surface area contributed by atoms with Crippen molar-refractivity contribution in [2.45, 2.75) is 36.7 Å². The Kier molecular flexibility index (Phi) is 4.97. The summed E-state index contributed by atoms with van der Waals surface area (Å²) in [6, 6.07) is 5.64. The Labute approximate surface area is 130 Å². The first-order chi connectivity index (χ1) is 10.3. The van der Waals surface area contributed by atoms with Crippen LogP contribution in [0.1, 0.15) is 36.0 Å². The third kappa shape index (κ3) is 3.53. The molecule has 1 atom stereocenters. The van der Waals surface area contributed by atoms with E-state index in [9.17, 15) is 18.0 Å². The summed E-state index contributed by atoms with van der Waals surface area (Å²) in [7, 11) is -0.783. The molecule has 0 spiro atoms. The minimum Gasteiger partial charge on any atom is -0.451 e. The first-order valence-corrected chi connectivity index (χ1v) is 8.52. The molecule has 0 radical (unpaired) electrons. The molecule has 1 aromatic carbocycles. The van der Waals surface area contributed by atoms with Gasteiger partial charge in [-0.25, -0.2) is 17.5 Å². The van der Waals surface area contributed by atoms with E-state index in [-0.39, 0.29) is 16.2 Å². The van der Waals surface area contributed by atoms with Crippen LogP contribution in [0.2, 0.25) is 0 Å². The highest BCUT2D eigenvalue weighted by molar-refractivity contribution is 7.89. The van der Waals surface area contributed by atoms with Gasteiger partial charge in [0.2, 0.25) is 10.0 Å². The molecule has 1 aliphatic rings. The molecule has 1 saturated carbocycles. The molecule has 0 heterocycles. The molecular formula is C15H19NO5S. The van der Waals surface area contributed by atoms with Gasteiger partial charge in [0.25, 0.3) is 0 Å². The number of hydrogen-bond donors (Lipinski definition) is 0. The minimum absolute atomic E-state index is 0.0157. The van der Waals surface area contributed by atoms with Crippen molar-refractivity contribution in [3.63, 3.8) is 0 Å². The monoisotopic (exact) mass is 325 g/mol. The number of Topliss-reactive ketones (excluding diaryl/α,β-unsaturated/α-hetero) is 1. The van der Waals surface area contributed by atoms with Crippen LogP contribution < -0.4 is 0 Å². The molecule has 6 nitrogen and oxygen atoms in total. The van der Waals surface area contributed by atoms with Gasteiger partial charge in [-0.15, -0.1) is 0 Å². The van der Waals surface area contributed by atoms with E-state index in [1.165, 1.54) is 38.4 Å². The summed E-state index contributed by atoms with van der Waals surface area (Å²) in [5.41, 5.74) is 0.126. The molecule has 1 fully saturated rings. The average molecular weight is 325 g/mol. The number of rotatable bonds is 4. The van der Waals surface area contributed by atoms with E-state index in [0.29, 0.717) is 12.8 Å². The highest BCUT2D eigenvalue weighted by Crippen LogP contribution is 2.20. The zero-order valence-electron chi connectivity index (χ0n) is 12.6. The van der Waals surface area contributed by atoms with Crippen molar-refractivity contribution < 1.29 is 22.7 Å². The zero-order chi connectivity index (χ0) is 16.3. The Morgan fingerprint density at radius 2 is 2.00 bits per heavy atom. The lowest BCUT2D eigenvalue weighted by Crippen LogP contribution is -2.30. The summed E-state index contributed by atoms with van der Waals surface area (Å²) in [4.78, 5) is 23.8. The van der Waals surface area contributed by atoms with Gasteiger partial charge in [-0.3, -0.25) is 4.79 Å². The predicted octanol–water partition coefficient (Wildman–Crippen LogP) is 1.61. The number of carbonyl (C=O) groups is 2. The second-order valence-electron chi connectivity index (χ2n) is 5.42. The maximum atomic E-state index is 12.1. The fraction of sp³-hybridized carbons (Fsp3) is 0.467. The number of hydrogen-bond acceptors (Lipinski definition) is 5. The van der Waals surface area contributed by atoms with Crippen LogP contribution in [0, 0.1) is 0 Å². The molecule has 0 aliphatic heterocycles. The van der Waals surface area contributed by atoms with Crippen LogP contribution >= 0.6 is 0 Å². The van der Waals surface area contributed by atoms with E-state index in [4.69, 9.17) is 4.74 Å². The summed E-state index contributed by atoms with van der Waals surface area (Å²) in [6.07, 6.45) is 1.91. The largest absolute Gasteiger partial charge is 0.451 e. The van der Waals surface area contributed by atoms with Gasteiger partial charge in [0, 0.05) is 20.5 Å². The number of nitrogens with zero attached hydrogens (tertiary/aromatic N) is 1. The van der Waals surface area contributed by atoms with Crippen molar-refractivity contribution in [1.29, 1.82) is 0 Å². The molecule has 2 rings (SSSR count). The number of ketones is 1. The fourth-order valence-corrected chi connectivity index (χ4v) is 3.22. The Morgan fingerprint density at radius 3 is 2.64 bits per heavy atom. The van der Waals surface area contributed by atoms with Crippen LogP contribution in [-0.2, 0) is 19.6 Å². The van der Waals surface area contributed by atoms with Gasteiger partial charge in [0.05, 0.1) is 10.5 Å². The molecule has 1 aliphatic carbocycles. The van der Waals surface area contributed by atoms with Crippen molar-refractivity contribution in [3.8, 4) is 0 Å². The zero-order valence-corrected chi connectivity index (χ0v) is 13.4. The summed E-state index contributed by atoms with van der Waals surface area (Å²) in [5.74, 6) is -0.743. The molecule has 0 N–H and O–H groups in total. The number of ether oxygens (including phenoxy) is 1. The molecule has 7 heteroatoms. The van der Waals surface area contributed by atoms with Crippen molar-refractivity contribution in [2.75, 3.05) is 14.1 Å². The molecule has 120 valence electrons. The van der Waals surface area contributed by atoms with Crippen LogP contribution in [0.3, 0.4) is 0 Å². The van der Waals surface area contributed by atoms with Gasteiger partial charge in [-0.05, 0) is 37.5 Å². The predicted molar refractivity (Wildman–Crippen MR) is 80.0 cm³/mol. The van der Waals surface area contributed by atoms with Gasteiger partial charge in [-0.1, -0.05) is 6.07 Å². The molecule has 1 unspecified atom stereocenters. The maximum absolute atomic E-state index is 12.1. The molecule has 0 saturated heterocycles. The van der Waals surface area contributed by atoms with E-state index < -0.39 is 22.1 Å². The third-order valence-corrected chi connectivity index (χ3v) is 5.41. The van der Waals surface area contributed by atoms with Crippen molar-refractivity contribution in [3.05, 3.63) is 29.8 Å². The van der Waals surface area contributed by atoms with Crippen LogP contribution in [-0.4, -0.2) is 44.7 Å². The number of esters is 1.